The third-order valence-corrected chi connectivity index (χ3v) is 5.77. The van der Waals surface area contributed by atoms with E-state index in [0.29, 0.717) is 6.54 Å². The lowest BCUT2D eigenvalue weighted by atomic mass is 9.87. The monoisotopic (exact) mass is 350 g/mol. The van der Waals surface area contributed by atoms with E-state index in [1.807, 2.05) is 53.4 Å². The number of para-hydroxylation sites is 1. The maximum absolute atomic E-state index is 12.7. The number of nitrogens with zero attached hydrogens (tertiary/aromatic N) is 2. The summed E-state index contributed by atoms with van der Waals surface area (Å²) in [4.78, 5) is 16.9. The normalized spacial score (nSPS) is 19.3. The molecule has 0 aliphatic carbocycles. The van der Waals surface area contributed by atoms with E-state index in [2.05, 4.69) is 11.0 Å². The Kier molecular flexibility index (Phi) is 5.05. The van der Waals surface area contributed by atoms with E-state index in [0.717, 1.165) is 50.1 Å². The van der Waals surface area contributed by atoms with Crippen LogP contribution in [0, 0.1) is 5.92 Å². The van der Waals surface area contributed by atoms with Gasteiger partial charge in [0.25, 0.3) is 0 Å². The van der Waals surface area contributed by atoms with Crippen LogP contribution in [0.2, 0.25) is 0 Å². The number of hydrogen-bond donors (Lipinski definition) is 1. The minimum atomic E-state index is -0.403. The molecular weight excluding hydrogens is 324 g/mol. The summed E-state index contributed by atoms with van der Waals surface area (Å²) in [5.74, 6) is 0.466. The predicted molar refractivity (Wildman–Crippen MR) is 103 cm³/mol. The highest BCUT2D eigenvalue weighted by atomic mass is 16.3. The largest absolute Gasteiger partial charge is 0.388 e. The van der Waals surface area contributed by atoms with Crippen LogP contribution in [0.15, 0.2) is 54.6 Å². The van der Waals surface area contributed by atoms with Crippen molar-refractivity contribution in [2.75, 3.05) is 31.1 Å². The second kappa shape index (κ2) is 7.60. The fourth-order valence-electron chi connectivity index (χ4n) is 4.22. The summed E-state index contributed by atoms with van der Waals surface area (Å²) < 4.78 is 0. The van der Waals surface area contributed by atoms with Gasteiger partial charge in [-0.1, -0.05) is 48.5 Å². The van der Waals surface area contributed by atoms with Crippen molar-refractivity contribution in [2.45, 2.75) is 25.4 Å². The first-order valence-electron chi connectivity index (χ1n) is 9.56. The number of aliphatic hydroxyl groups is 1. The lowest BCUT2D eigenvalue weighted by Gasteiger charge is -2.34. The van der Waals surface area contributed by atoms with E-state index in [-0.39, 0.29) is 11.8 Å². The van der Waals surface area contributed by atoms with Crippen molar-refractivity contribution in [3.63, 3.8) is 0 Å². The van der Waals surface area contributed by atoms with E-state index in [4.69, 9.17) is 0 Å². The van der Waals surface area contributed by atoms with Crippen molar-refractivity contribution < 1.29 is 9.90 Å². The average molecular weight is 350 g/mol. The van der Waals surface area contributed by atoms with Gasteiger partial charge in [-0.05, 0) is 55.5 Å². The Balaban J connectivity index is 1.31. The molecule has 0 radical (unpaired) electrons. The Labute approximate surface area is 155 Å². The summed E-state index contributed by atoms with van der Waals surface area (Å²) in [5, 5.41) is 10.6. The molecule has 1 fully saturated rings. The van der Waals surface area contributed by atoms with Crippen LogP contribution in [0.4, 0.5) is 5.69 Å². The molecule has 4 nitrogen and oxygen atoms in total. The maximum Gasteiger partial charge on any atom is 0.241 e. The Hall–Kier alpha value is -2.17. The molecule has 1 N–H and O–H groups in total. The van der Waals surface area contributed by atoms with E-state index in [1.54, 1.807) is 0 Å². The number of carbonyl (C=O) groups is 1. The second-order valence-electron chi connectivity index (χ2n) is 7.39. The van der Waals surface area contributed by atoms with Crippen molar-refractivity contribution in [3.8, 4) is 0 Å². The van der Waals surface area contributed by atoms with E-state index in [9.17, 15) is 9.90 Å². The van der Waals surface area contributed by atoms with Gasteiger partial charge in [0.1, 0.15) is 0 Å². The topological polar surface area (TPSA) is 43.8 Å². The molecule has 2 aromatic carbocycles. The average Bonchev–Trinajstić information content (AvgIpc) is 3.13. The Morgan fingerprint density at radius 1 is 1.00 bits per heavy atom. The smallest absolute Gasteiger partial charge is 0.241 e. The van der Waals surface area contributed by atoms with Crippen LogP contribution >= 0.6 is 0 Å². The highest BCUT2D eigenvalue weighted by Crippen LogP contribution is 2.31. The quantitative estimate of drug-likeness (QED) is 0.922. The number of hydrogen-bond acceptors (Lipinski definition) is 3. The maximum atomic E-state index is 12.7. The highest BCUT2D eigenvalue weighted by molar-refractivity contribution is 5.96. The molecule has 1 atom stereocenters. The predicted octanol–water partition coefficient (Wildman–Crippen LogP) is 3.02. The van der Waals surface area contributed by atoms with Crippen molar-refractivity contribution in [2.24, 2.45) is 5.92 Å². The third-order valence-electron chi connectivity index (χ3n) is 5.77. The first kappa shape index (κ1) is 17.3. The van der Waals surface area contributed by atoms with Gasteiger partial charge in [-0.2, -0.15) is 0 Å². The van der Waals surface area contributed by atoms with Crippen molar-refractivity contribution in [3.05, 3.63) is 65.7 Å². The minimum Gasteiger partial charge on any atom is -0.388 e. The zero-order valence-corrected chi connectivity index (χ0v) is 15.1. The molecule has 0 saturated carbocycles. The molecule has 2 heterocycles. The van der Waals surface area contributed by atoms with Crippen LogP contribution in [0.1, 0.15) is 30.1 Å². The first-order valence-corrected chi connectivity index (χ1v) is 9.56. The number of piperidine rings is 1. The lowest BCUT2D eigenvalue weighted by molar-refractivity contribution is -0.120. The van der Waals surface area contributed by atoms with Gasteiger partial charge < -0.3 is 10.0 Å². The second-order valence-corrected chi connectivity index (χ2v) is 7.39. The van der Waals surface area contributed by atoms with Gasteiger partial charge in [0, 0.05) is 12.2 Å². The third kappa shape index (κ3) is 3.53. The van der Waals surface area contributed by atoms with Gasteiger partial charge in [-0.15, -0.1) is 0 Å². The number of likely N-dealkylation sites (tertiary alicyclic amines) is 1. The number of benzene rings is 2. The van der Waals surface area contributed by atoms with Crippen LogP contribution in [0.3, 0.4) is 0 Å². The van der Waals surface area contributed by atoms with Gasteiger partial charge in [0.2, 0.25) is 5.91 Å². The molecule has 1 saturated heterocycles. The van der Waals surface area contributed by atoms with Gasteiger partial charge >= 0.3 is 0 Å². The van der Waals surface area contributed by atoms with Crippen molar-refractivity contribution in [1.29, 1.82) is 0 Å². The summed E-state index contributed by atoms with van der Waals surface area (Å²) >= 11 is 0. The fourth-order valence-corrected chi connectivity index (χ4v) is 4.22. The Morgan fingerprint density at radius 3 is 2.46 bits per heavy atom. The summed E-state index contributed by atoms with van der Waals surface area (Å²) in [6.07, 6.45) is 2.41. The molecule has 4 heteroatoms. The molecule has 0 aromatic heterocycles. The highest BCUT2D eigenvalue weighted by Gasteiger charge is 2.29. The molecule has 1 unspecified atom stereocenters. The number of carbonyl (C=O) groups excluding carboxylic acids is 1. The molecule has 2 aliphatic rings. The Bertz CT molecular complexity index is 754. The number of aliphatic hydroxyl groups excluding tert-OH is 1. The van der Waals surface area contributed by atoms with Crippen LogP contribution in [-0.4, -0.2) is 42.1 Å². The van der Waals surface area contributed by atoms with E-state index >= 15 is 0 Å². The molecule has 2 aliphatic heterocycles. The van der Waals surface area contributed by atoms with Crippen molar-refractivity contribution in [1.82, 2.24) is 4.90 Å². The lowest BCUT2D eigenvalue weighted by Crippen LogP contribution is -2.43. The zero-order chi connectivity index (χ0) is 17.9. The Morgan fingerprint density at radius 2 is 1.69 bits per heavy atom. The van der Waals surface area contributed by atoms with Crippen LogP contribution in [0.25, 0.3) is 0 Å². The molecule has 0 bridgehead atoms. The number of rotatable bonds is 4. The van der Waals surface area contributed by atoms with Crippen LogP contribution < -0.4 is 4.90 Å². The number of fused-ring (bicyclic) bond motifs is 1. The summed E-state index contributed by atoms with van der Waals surface area (Å²) in [5.41, 5.74) is 3.34. The molecule has 0 spiro atoms. The van der Waals surface area contributed by atoms with Crippen LogP contribution in [0.5, 0.6) is 0 Å². The van der Waals surface area contributed by atoms with Gasteiger partial charge in [0.15, 0.2) is 0 Å². The number of amides is 1. The number of anilines is 1. The SMILES string of the molecule is O=C(CN1CCC(C(O)c2ccccc2)CC1)N1CCc2ccccc21. The van der Waals surface area contributed by atoms with E-state index in [1.165, 1.54) is 5.56 Å². The van der Waals surface area contributed by atoms with Gasteiger partial charge in [0.05, 0.1) is 12.6 Å². The summed E-state index contributed by atoms with van der Waals surface area (Å²) in [6.45, 7) is 3.01. The van der Waals surface area contributed by atoms with Gasteiger partial charge in [-0.25, -0.2) is 0 Å². The molecule has 4 rings (SSSR count). The fraction of sp³-hybridized carbons (Fsp3) is 0.409. The van der Waals surface area contributed by atoms with E-state index < -0.39 is 6.10 Å². The molecule has 136 valence electrons. The molecule has 26 heavy (non-hydrogen) atoms. The minimum absolute atomic E-state index is 0.192. The molecular formula is C22H26N2O2. The van der Waals surface area contributed by atoms with Crippen molar-refractivity contribution >= 4 is 11.6 Å². The summed E-state index contributed by atoms with van der Waals surface area (Å²) in [7, 11) is 0. The molecule has 1 amide bonds. The summed E-state index contributed by atoms with van der Waals surface area (Å²) in [6, 6.07) is 18.1. The zero-order valence-electron chi connectivity index (χ0n) is 15.1. The molecule has 2 aromatic rings. The standard InChI is InChI=1S/C22H26N2O2/c25-21(24-15-12-17-6-4-5-9-20(17)24)16-23-13-10-19(11-14-23)22(26)18-7-2-1-3-8-18/h1-9,19,22,26H,10-16H2. The van der Waals surface area contributed by atoms with Crippen LogP contribution in [-0.2, 0) is 11.2 Å². The first-order chi connectivity index (χ1) is 12.7. The van der Waals surface area contributed by atoms with Gasteiger partial charge in [-0.3, -0.25) is 9.69 Å².